The number of carboxylic acids is 2. The van der Waals surface area contributed by atoms with Gasteiger partial charge in [-0.3, -0.25) is 0 Å². The fourth-order valence-electron chi connectivity index (χ4n) is 1.97. The molecule has 0 unspecified atom stereocenters. The van der Waals surface area contributed by atoms with E-state index in [0.717, 1.165) is 37.0 Å². The van der Waals surface area contributed by atoms with E-state index < -0.39 is 11.9 Å². The summed E-state index contributed by atoms with van der Waals surface area (Å²) < 4.78 is 0. The van der Waals surface area contributed by atoms with Crippen LogP contribution in [-0.4, -0.2) is 27.1 Å². The lowest BCUT2D eigenvalue weighted by Crippen LogP contribution is -2.05. The van der Waals surface area contributed by atoms with Gasteiger partial charge in [0.05, 0.1) is 5.01 Å². The first-order valence-electron chi connectivity index (χ1n) is 5.07. The Hall–Kier alpha value is -1.43. The Morgan fingerprint density at radius 2 is 1.81 bits per heavy atom. The third-order valence-electron chi connectivity index (χ3n) is 2.74. The average molecular weight is 241 g/mol. The largest absolute Gasteiger partial charge is 0.477 e. The number of carboxylic acid groups (broad SMARTS) is 2. The molecule has 0 radical (unpaired) electrons. The highest BCUT2D eigenvalue weighted by Gasteiger charge is 2.27. The number of nitrogens with zero attached hydrogens (tertiary/aromatic N) is 1. The first kappa shape index (κ1) is 11.1. The van der Waals surface area contributed by atoms with Gasteiger partial charge in [0.15, 0.2) is 5.69 Å². The normalized spacial score (nSPS) is 16.5. The Balaban J connectivity index is 2.37. The minimum atomic E-state index is -1.27. The van der Waals surface area contributed by atoms with E-state index in [1.807, 2.05) is 0 Å². The van der Waals surface area contributed by atoms with Gasteiger partial charge in [0, 0.05) is 5.92 Å². The van der Waals surface area contributed by atoms with Crippen molar-refractivity contribution in [2.45, 2.75) is 31.6 Å². The molecule has 1 aliphatic carbocycles. The molecule has 0 amide bonds. The van der Waals surface area contributed by atoms with Crippen molar-refractivity contribution in [1.29, 1.82) is 0 Å². The third-order valence-corrected chi connectivity index (χ3v) is 3.95. The average Bonchev–Trinajstić information content (AvgIpc) is 2.86. The second kappa shape index (κ2) is 4.21. The van der Waals surface area contributed by atoms with Crippen LogP contribution in [0, 0.1) is 0 Å². The molecular weight excluding hydrogens is 230 g/mol. The van der Waals surface area contributed by atoms with E-state index in [1.54, 1.807) is 0 Å². The van der Waals surface area contributed by atoms with Gasteiger partial charge in [-0.05, 0) is 12.8 Å². The van der Waals surface area contributed by atoms with Crippen LogP contribution in [-0.2, 0) is 0 Å². The van der Waals surface area contributed by atoms with Crippen molar-refractivity contribution in [3.8, 4) is 0 Å². The second-order valence-electron chi connectivity index (χ2n) is 3.82. The van der Waals surface area contributed by atoms with Crippen LogP contribution in [0.3, 0.4) is 0 Å². The van der Waals surface area contributed by atoms with E-state index in [1.165, 1.54) is 0 Å². The van der Waals surface area contributed by atoms with Gasteiger partial charge in [-0.2, -0.15) is 0 Å². The molecule has 1 aliphatic rings. The molecule has 6 heteroatoms. The molecule has 0 aliphatic heterocycles. The molecule has 1 fully saturated rings. The van der Waals surface area contributed by atoms with Crippen molar-refractivity contribution >= 4 is 23.3 Å². The van der Waals surface area contributed by atoms with Crippen LogP contribution in [0.15, 0.2) is 0 Å². The lowest BCUT2D eigenvalue weighted by molar-refractivity contribution is 0.0651. The molecule has 2 rings (SSSR count). The molecule has 1 aromatic rings. The summed E-state index contributed by atoms with van der Waals surface area (Å²) in [5, 5.41) is 18.4. The van der Waals surface area contributed by atoms with Gasteiger partial charge in [0.2, 0.25) is 0 Å². The molecular formula is C10H11NO4S. The van der Waals surface area contributed by atoms with Gasteiger partial charge in [-0.1, -0.05) is 12.8 Å². The van der Waals surface area contributed by atoms with Crippen molar-refractivity contribution < 1.29 is 19.8 Å². The maximum Gasteiger partial charge on any atom is 0.356 e. The summed E-state index contributed by atoms with van der Waals surface area (Å²) in [6.07, 6.45) is 4.17. The number of aromatic nitrogens is 1. The summed E-state index contributed by atoms with van der Waals surface area (Å²) >= 11 is 1.00. The first-order valence-corrected chi connectivity index (χ1v) is 5.88. The number of thiazole rings is 1. The summed E-state index contributed by atoms with van der Waals surface area (Å²) in [7, 11) is 0. The van der Waals surface area contributed by atoms with Crippen molar-refractivity contribution in [1.82, 2.24) is 4.98 Å². The molecule has 86 valence electrons. The monoisotopic (exact) mass is 241 g/mol. The fourth-order valence-corrected chi connectivity index (χ4v) is 3.04. The van der Waals surface area contributed by atoms with Gasteiger partial charge < -0.3 is 10.2 Å². The number of rotatable bonds is 3. The molecule has 0 spiro atoms. The van der Waals surface area contributed by atoms with Crippen LogP contribution in [0.1, 0.15) is 56.8 Å². The van der Waals surface area contributed by atoms with E-state index in [-0.39, 0.29) is 16.5 Å². The quantitative estimate of drug-likeness (QED) is 0.847. The lowest BCUT2D eigenvalue weighted by Gasteiger charge is -2.01. The minimum absolute atomic E-state index is 0.158. The Kier molecular flexibility index (Phi) is 2.91. The molecule has 1 heterocycles. The van der Waals surface area contributed by atoms with E-state index in [9.17, 15) is 9.59 Å². The molecule has 0 atom stereocenters. The van der Waals surface area contributed by atoms with E-state index in [2.05, 4.69) is 4.98 Å². The first-order chi connectivity index (χ1) is 7.59. The summed E-state index contributed by atoms with van der Waals surface area (Å²) in [6, 6.07) is 0. The highest BCUT2D eigenvalue weighted by atomic mass is 32.1. The van der Waals surface area contributed by atoms with E-state index in [0.29, 0.717) is 5.01 Å². The third kappa shape index (κ3) is 1.92. The molecule has 5 nitrogen and oxygen atoms in total. The zero-order valence-electron chi connectivity index (χ0n) is 8.47. The Labute approximate surface area is 95.8 Å². The second-order valence-corrected chi connectivity index (χ2v) is 4.85. The fraction of sp³-hybridized carbons (Fsp3) is 0.500. The highest BCUT2D eigenvalue weighted by molar-refractivity contribution is 7.14. The van der Waals surface area contributed by atoms with E-state index in [4.69, 9.17) is 10.2 Å². The van der Waals surface area contributed by atoms with Gasteiger partial charge in [-0.15, -0.1) is 11.3 Å². The van der Waals surface area contributed by atoms with Crippen LogP contribution in [0.25, 0.3) is 0 Å². The van der Waals surface area contributed by atoms with Gasteiger partial charge >= 0.3 is 11.9 Å². The SMILES string of the molecule is O=C(O)c1nc(C2CCCC2)sc1C(=O)O. The summed E-state index contributed by atoms with van der Waals surface area (Å²) in [6.45, 7) is 0. The minimum Gasteiger partial charge on any atom is -0.477 e. The van der Waals surface area contributed by atoms with Gasteiger partial charge in [0.1, 0.15) is 4.88 Å². The predicted molar refractivity (Wildman–Crippen MR) is 57.2 cm³/mol. The van der Waals surface area contributed by atoms with Gasteiger partial charge in [0.25, 0.3) is 0 Å². The summed E-state index contributed by atoms with van der Waals surface area (Å²) in [5.74, 6) is -2.23. The Morgan fingerprint density at radius 3 is 2.25 bits per heavy atom. The lowest BCUT2D eigenvalue weighted by atomic mass is 10.1. The molecule has 2 N–H and O–H groups in total. The van der Waals surface area contributed by atoms with Crippen molar-refractivity contribution in [2.24, 2.45) is 0 Å². The van der Waals surface area contributed by atoms with E-state index >= 15 is 0 Å². The van der Waals surface area contributed by atoms with Crippen molar-refractivity contribution in [3.05, 3.63) is 15.6 Å². The van der Waals surface area contributed by atoms with Crippen LogP contribution in [0.2, 0.25) is 0 Å². The van der Waals surface area contributed by atoms with Crippen molar-refractivity contribution in [2.75, 3.05) is 0 Å². The van der Waals surface area contributed by atoms with Gasteiger partial charge in [-0.25, -0.2) is 14.6 Å². The van der Waals surface area contributed by atoms with Crippen LogP contribution < -0.4 is 0 Å². The standard InChI is InChI=1S/C10H11NO4S/c12-9(13)6-7(10(14)15)16-8(11-6)5-3-1-2-4-5/h5H,1-4H2,(H,12,13)(H,14,15). The predicted octanol–water partition coefficient (Wildman–Crippen LogP) is 2.20. The molecule has 0 bridgehead atoms. The molecule has 0 saturated heterocycles. The smallest absolute Gasteiger partial charge is 0.356 e. The number of hydrogen-bond acceptors (Lipinski definition) is 4. The van der Waals surface area contributed by atoms with Crippen LogP contribution in [0.5, 0.6) is 0 Å². The highest BCUT2D eigenvalue weighted by Crippen LogP contribution is 2.37. The summed E-state index contributed by atoms with van der Waals surface area (Å²) in [5.41, 5.74) is -0.320. The zero-order chi connectivity index (χ0) is 11.7. The Morgan fingerprint density at radius 1 is 1.19 bits per heavy atom. The molecule has 16 heavy (non-hydrogen) atoms. The summed E-state index contributed by atoms with van der Waals surface area (Å²) in [4.78, 5) is 25.5. The maximum absolute atomic E-state index is 10.9. The molecule has 0 aromatic carbocycles. The molecule has 1 aromatic heterocycles. The Bertz CT molecular complexity index is 403. The topological polar surface area (TPSA) is 87.5 Å². The number of carbonyl (C=O) groups is 2. The van der Waals surface area contributed by atoms with Crippen LogP contribution in [0.4, 0.5) is 0 Å². The number of aromatic carboxylic acids is 2. The number of hydrogen-bond donors (Lipinski definition) is 2. The molecule has 1 saturated carbocycles. The maximum atomic E-state index is 10.9. The van der Waals surface area contributed by atoms with Crippen LogP contribution >= 0.6 is 11.3 Å². The van der Waals surface area contributed by atoms with Crippen molar-refractivity contribution in [3.63, 3.8) is 0 Å². The zero-order valence-corrected chi connectivity index (χ0v) is 9.29.